The highest BCUT2D eigenvalue weighted by atomic mass is 16.2. The quantitative estimate of drug-likeness (QED) is 0.682. The first-order valence-electron chi connectivity index (χ1n) is 9.35. The number of urea groups is 1. The number of carbonyl (C=O) groups excluding carboxylic acids is 3. The fraction of sp³-hybridized carbons (Fsp3) is 0.550. The Kier molecular flexibility index (Phi) is 5.30. The van der Waals surface area contributed by atoms with E-state index >= 15 is 0 Å². The molecule has 2 aliphatic rings. The van der Waals surface area contributed by atoms with Gasteiger partial charge in [0, 0.05) is 18.4 Å². The molecule has 3 rings (SSSR count). The molecular weight excluding hydrogens is 330 g/mol. The third-order valence-corrected chi connectivity index (χ3v) is 5.54. The van der Waals surface area contributed by atoms with E-state index < -0.39 is 12.1 Å². The molecule has 1 aliphatic carbocycles. The van der Waals surface area contributed by atoms with Crippen molar-refractivity contribution in [3.05, 3.63) is 34.9 Å². The van der Waals surface area contributed by atoms with Gasteiger partial charge in [-0.3, -0.25) is 14.9 Å². The van der Waals surface area contributed by atoms with E-state index in [2.05, 4.69) is 48.0 Å². The third kappa shape index (κ3) is 4.06. The molecule has 1 saturated heterocycles. The predicted molar refractivity (Wildman–Crippen MR) is 98.8 cm³/mol. The summed E-state index contributed by atoms with van der Waals surface area (Å²) in [6.45, 7) is 4.84. The second-order valence-corrected chi connectivity index (χ2v) is 7.69. The lowest BCUT2D eigenvalue weighted by molar-refractivity contribution is -0.122. The first kappa shape index (κ1) is 18.4. The van der Waals surface area contributed by atoms with Gasteiger partial charge in [0.05, 0.1) is 0 Å². The molecule has 0 bridgehead atoms. The minimum absolute atomic E-state index is 0.00535. The van der Waals surface area contributed by atoms with Gasteiger partial charge in [-0.25, -0.2) is 4.79 Å². The Morgan fingerprint density at radius 3 is 2.38 bits per heavy atom. The maximum absolute atomic E-state index is 12.3. The Morgan fingerprint density at radius 1 is 1.15 bits per heavy atom. The molecule has 0 aromatic heterocycles. The molecule has 6 heteroatoms. The van der Waals surface area contributed by atoms with E-state index in [4.69, 9.17) is 0 Å². The Morgan fingerprint density at radius 2 is 1.81 bits per heavy atom. The Balaban J connectivity index is 1.59. The van der Waals surface area contributed by atoms with Gasteiger partial charge in [-0.15, -0.1) is 0 Å². The van der Waals surface area contributed by atoms with E-state index in [1.807, 2.05) is 0 Å². The number of rotatable bonds is 6. The number of benzene rings is 1. The highest BCUT2D eigenvalue weighted by molar-refractivity contribution is 6.04. The normalized spacial score (nSPS) is 21.4. The summed E-state index contributed by atoms with van der Waals surface area (Å²) < 4.78 is 0. The van der Waals surface area contributed by atoms with Crippen LogP contribution in [0.3, 0.4) is 0 Å². The Labute approximate surface area is 154 Å². The van der Waals surface area contributed by atoms with Crippen LogP contribution in [0, 0.1) is 13.8 Å². The van der Waals surface area contributed by atoms with Gasteiger partial charge in [-0.2, -0.15) is 0 Å². The first-order chi connectivity index (χ1) is 12.4. The molecule has 6 nitrogen and oxygen atoms in total. The number of imide groups is 1. The zero-order chi connectivity index (χ0) is 18.7. The predicted octanol–water partition coefficient (Wildman–Crippen LogP) is 2.22. The molecule has 3 N–H and O–H groups in total. The van der Waals surface area contributed by atoms with Crippen LogP contribution in [-0.2, 0) is 15.0 Å². The van der Waals surface area contributed by atoms with Crippen molar-refractivity contribution in [2.45, 2.75) is 63.8 Å². The topological polar surface area (TPSA) is 87.3 Å². The van der Waals surface area contributed by atoms with Gasteiger partial charge in [0.1, 0.15) is 6.04 Å². The maximum atomic E-state index is 12.3. The van der Waals surface area contributed by atoms with Crippen molar-refractivity contribution >= 4 is 17.8 Å². The van der Waals surface area contributed by atoms with Gasteiger partial charge >= 0.3 is 6.03 Å². The van der Waals surface area contributed by atoms with Gasteiger partial charge in [0.25, 0.3) is 5.91 Å². The highest BCUT2D eigenvalue weighted by Crippen LogP contribution is 2.41. The summed E-state index contributed by atoms with van der Waals surface area (Å²) in [5.41, 5.74) is 3.82. The van der Waals surface area contributed by atoms with Crippen LogP contribution in [0.5, 0.6) is 0 Å². The van der Waals surface area contributed by atoms with Crippen molar-refractivity contribution < 1.29 is 14.4 Å². The van der Waals surface area contributed by atoms with Crippen LogP contribution in [0.2, 0.25) is 0 Å². The van der Waals surface area contributed by atoms with Crippen molar-refractivity contribution in [2.75, 3.05) is 6.54 Å². The molecule has 1 aromatic carbocycles. The fourth-order valence-electron chi connectivity index (χ4n) is 4.19. The van der Waals surface area contributed by atoms with Crippen molar-refractivity contribution in [1.82, 2.24) is 16.0 Å². The van der Waals surface area contributed by atoms with E-state index in [1.54, 1.807) is 0 Å². The van der Waals surface area contributed by atoms with E-state index in [0.29, 0.717) is 13.0 Å². The Hall–Kier alpha value is -2.37. The molecule has 1 atom stereocenters. The largest absolute Gasteiger partial charge is 0.355 e. The van der Waals surface area contributed by atoms with Crippen molar-refractivity contribution in [1.29, 1.82) is 0 Å². The summed E-state index contributed by atoms with van der Waals surface area (Å²) in [5.74, 6) is -0.431. The lowest BCUT2D eigenvalue weighted by Gasteiger charge is -2.31. The van der Waals surface area contributed by atoms with Gasteiger partial charge in [-0.05, 0) is 38.7 Å². The van der Waals surface area contributed by atoms with E-state index in [1.165, 1.54) is 29.5 Å². The molecule has 2 fully saturated rings. The summed E-state index contributed by atoms with van der Waals surface area (Å²) in [6.07, 6.45) is 5.06. The van der Waals surface area contributed by atoms with Crippen molar-refractivity contribution in [3.63, 3.8) is 0 Å². The summed E-state index contributed by atoms with van der Waals surface area (Å²) in [4.78, 5) is 35.0. The van der Waals surface area contributed by atoms with Gasteiger partial charge in [-0.1, -0.05) is 42.2 Å². The number of hydrogen-bond acceptors (Lipinski definition) is 3. The molecule has 1 saturated carbocycles. The van der Waals surface area contributed by atoms with Crippen LogP contribution in [-0.4, -0.2) is 30.4 Å². The summed E-state index contributed by atoms with van der Waals surface area (Å²) in [6, 6.07) is 5.56. The molecule has 0 spiro atoms. The zero-order valence-electron chi connectivity index (χ0n) is 15.5. The molecule has 4 amide bonds. The van der Waals surface area contributed by atoms with Crippen molar-refractivity contribution in [3.8, 4) is 0 Å². The molecule has 140 valence electrons. The number of carbonyl (C=O) groups is 3. The lowest BCUT2D eigenvalue weighted by atomic mass is 9.77. The third-order valence-electron chi connectivity index (χ3n) is 5.54. The second-order valence-electron chi connectivity index (χ2n) is 7.69. The number of hydrogen-bond donors (Lipinski definition) is 3. The number of amides is 4. The molecular formula is C20H27N3O3. The van der Waals surface area contributed by atoms with Crippen molar-refractivity contribution in [2.24, 2.45) is 0 Å². The summed E-state index contributed by atoms with van der Waals surface area (Å²) >= 11 is 0. The summed E-state index contributed by atoms with van der Waals surface area (Å²) in [5, 5.41) is 7.78. The fourth-order valence-corrected chi connectivity index (χ4v) is 4.19. The van der Waals surface area contributed by atoms with Crippen LogP contribution in [0.1, 0.15) is 55.2 Å². The highest BCUT2D eigenvalue weighted by Gasteiger charge is 2.36. The molecule has 1 heterocycles. The molecule has 0 radical (unpaired) electrons. The lowest BCUT2D eigenvalue weighted by Crippen LogP contribution is -2.40. The average molecular weight is 357 g/mol. The molecule has 1 aromatic rings. The van der Waals surface area contributed by atoms with Crippen LogP contribution < -0.4 is 16.0 Å². The molecule has 0 unspecified atom stereocenters. The van der Waals surface area contributed by atoms with Gasteiger partial charge in [0.2, 0.25) is 5.91 Å². The zero-order valence-corrected chi connectivity index (χ0v) is 15.5. The van der Waals surface area contributed by atoms with Crippen LogP contribution in [0.15, 0.2) is 18.2 Å². The maximum Gasteiger partial charge on any atom is 0.322 e. The Bertz CT molecular complexity index is 703. The minimum atomic E-state index is -0.604. The molecule has 26 heavy (non-hydrogen) atoms. The first-order valence-corrected chi connectivity index (χ1v) is 9.35. The SMILES string of the molecule is Cc1cc(C)cc(C2(CNC(=O)CC[C@@H]3NC(=O)NC3=O)CCCC2)c1. The second kappa shape index (κ2) is 7.48. The minimum Gasteiger partial charge on any atom is -0.355 e. The van der Waals surface area contributed by atoms with Gasteiger partial charge in [0.15, 0.2) is 0 Å². The van der Waals surface area contributed by atoms with Crippen LogP contribution in [0.4, 0.5) is 4.79 Å². The monoisotopic (exact) mass is 357 g/mol. The van der Waals surface area contributed by atoms with E-state index in [-0.39, 0.29) is 23.7 Å². The molecule has 1 aliphatic heterocycles. The van der Waals surface area contributed by atoms with Crippen LogP contribution in [0.25, 0.3) is 0 Å². The van der Waals surface area contributed by atoms with Crippen LogP contribution >= 0.6 is 0 Å². The van der Waals surface area contributed by atoms with E-state index in [0.717, 1.165) is 12.8 Å². The standard InChI is InChI=1S/C20H27N3O3/c1-13-9-14(2)11-15(10-13)20(7-3-4-8-20)12-21-17(24)6-5-16-18(25)23-19(26)22-16/h9-11,16H,3-8,12H2,1-2H3,(H,21,24)(H2,22,23,25,26)/t16-/m0/s1. The van der Waals surface area contributed by atoms with E-state index in [9.17, 15) is 14.4 Å². The number of aryl methyl sites for hydroxylation is 2. The average Bonchev–Trinajstić information content (AvgIpc) is 3.17. The van der Waals surface area contributed by atoms with Gasteiger partial charge < -0.3 is 10.6 Å². The summed E-state index contributed by atoms with van der Waals surface area (Å²) in [7, 11) is 0. The smallest absolute Gasteiger partial charge is 0.322 e. The number of nitrogens with one attached hydrogen (secondary N) is 3.